The van der Waals surface area contributed by atoms with Crippen molar-refractivity contribution in [1.29, 1.82) is 0 Å². The lowest BCUT2D eigenvalue weighted by molar-refractivity contribution is 1.22. The molecule has 7 heteroatoms. The molecule has 0 saturated carbocycles. The molecule has 0 aliphatic carbocycles. The minimum atomic E-state index is 0.374. The van der Waals surface area contributed by atoms with Crippen LogP contribution in [0.25, 0.3) is 10.3 Å². The molecule has 0 radical (unpaired) electrons. The molecule has 90 valence electrons. The Morgan fingerprint density at radius 3 is 2.94 bits per heavy atom. The summed E-state index contributed by atoms with van der Waals surface area (Å²) in [4.78, 5) is 13.2. The van der Waals surface area contributed by atoms with Gasteiger partial charge in [0.15, 0.2) is 10.3 Å². The van der Waals surface area contributed by atoms with Gasteiger partial charge in [0, 0.05) is 10.2 Å². The van der Waals surface area contributed by atoms with Crippen molar-refractivity contribution in [3.05, 3.63) is 40.2 Å². The van der Waals surface area contributed by atoms with E-state index in [0.717, 1.165) is 20.1 Å². The van der Waals surface area contributed by atoms with Crippen molar-refractivity contribution in [3.8, 4) is 0 Å². The van der Waals surface area contributed by atoms with Crippen LogP contribution in [0.5, 0.6) is 0 Å². The van der Waals surface area contributed by atoms with E-state index in [4.69, 9.17) is 11.6 Å². The molecule has 0 spiro atoms. The number of hydrogen-bond donors (Lipinski definition) is 1. The molecule has 2 heterocycles. The van der Waals surface area contributed by atoms with Crippen LogP contribution in [-0.4, -0.2) is 15.0 Å². The smallest absolute Gasteiger partial charge is 0.189 e. The number of hydrogen-bond acceptors (Lipinski definition) is 5. The van der Waals surface area contributed by atoms with Crippen molar-refractivity contribution in [2.45, 2.75) is 0 Å². The Morgan fingerprint density at radius 2 is 2.17 bits per heavy atom. The van der Waals surface area contributed by atoms with Gasteiger partial charge in [-0.15, -0.1) is 0 Å². The number of fused-ring (bicyclic) bond motifs is 1. The number of nitrogens with zero attached hydrogens (tertiary/aromatic N) is 3. The lowest BCUT2D eigenvalue weighted by Crippen LogP contribution is -1.88. The maximum absolute atomic E-state index is 5.96. The van der Waals surface area contributed by atoms with Gasteiger partial charge in [-0.3, -0.25) is 0 Å². The number of anilines is 2. The van der Waals surface area contributed by atoms with Crippen LogP contribution in [0.4, 0.5) is 10.8 Å². The van der Waals surface area contributed by atoms with E-state index in [2.05, 4.69) is 36.2 Å². The van der Waals surface area contributed by atoms with Crippen LogP contribution in [0.2, 0.25) is 5.15 Å². The second-order valence-electron chi connectivity index (χ2n) is 3.47. The average molecular weight is 342 g/mol. The third-order valence-corrected chi connectivity index (χ3v) is 3.88. The predicted molar refractivity (Wildman–Crippen MR) is 77.6 cm³/mol. The maximum Gasteiger partial charge on any atom is 0.189 e. The zero-order valence-corrected chi connectivity index (χ0v) is 12.1. The molecule has 4 nitrogen and oxygen atoms in total. The van der Waals surface area contributed by atoms with E-state index < -0.39 is 0 Å². The number of benzene rings is 1. The summed E-state index contributed by atoms with van der Waals surface area (Å²) in [7, 11) is 0. The summed E-state index contributed by atoms with van der Waals surface area (Å²) in [5, 5.41) is 4.33. The molecular weight excluding hydrogens is 336 g/mol. The summed E-state index contributed by atoms with van der Waals surface area (Å²) in [5.74, 6) is 0. The Labute approximate surface area is 120 Å². The van der Waals surface area contributed by atoms with Crippen LogP contribution in [-0.2, 0) is 0 Å². The van der Waals surface area contributed by atoms with Crippen LogP contribution < -0.4 is 5.32 Å². The number of aromatic nitrogens is 3. The summed E-state index contributed by atoms with van der Waals surface area (Å²) in [6.07, 6.45) is 1.44. The fourth-order valence-electron chi connectivity index (χ4n) is 1.47. The predicted octanol–water partition coefficient (Wildman–Crippen LogP) is 4.25. The summed E-state index contributed by atoms with van der Waals surface area (Å²) < 4.78 is 1.01. The summed E-state index contributed by atoms with van der Waals surface area (Å²) in [5.41, 5.74) is 1.58. The molecule has 0 saturated heterocycles. The summed E-state index contributed by atoms with van der Waals surface area (Å²) in [6, 6.07) is 7.85. The second kappa shape index (κ2) is 4.79. The molecule has 3 aromatic rings. The van der Waals surface area contributed by atoms with Gasteiger partial charge in [0.2, 0.25) is 0 Å². The van der Waals surface area contributed by atoms with Gasteiger partial charge in [-0.2, -0.15) is 0 Å². The highest BCUT2D eigenvalue weighted by Gasteiger charge is 2.09. The highest BCUT2D eigenvalue weighted by molar-refractivity contribution is 9.10. The lowest BCUT2D eigenvalue weighted by Gasteiger charge is -2.01. The quantitative estimate of drug-likeness (QED) is 0.708. The number of halogens is 2. The summed E-state index contributed by atoms with van der Waals surface area (Å²) >= 11 is 10.8. The third kappa shape index (κ3) is 2.31. The topological polar surface area (TPSA) is 50.7 Å². The molecule has 2 aromatic heterocycles. The summed E-state index contributed by atoms with van der Waals surface area (Å²) in [6.45, 7) is 0. The van der Waals surface area contributed by atoms with Gasteiger partial charge in [0.25, 0.3) is 0 Å². The Balaban J connectivity index is 1.98. The molecule has 0 aliphatic rings. The van der Waals surface area contributed by atoms with Gasteiger partial charge in [-0.05, 0) is 18.2 Å². The van der Waals surface area contributed by atoms with Crippen molar-refractivity contribution in [3.63, 3.8) is 0 Å². The molecule has 0 fully saturated rings. The zero-order chi connectivity index (χ0) is 12.5. The van der Waals surface area contributed by atoms with E-state index in [1.807, 2.05) is 24.3 Å². The van der Waals surface area contributed by atoms with Gasteiger partial charge >= 0.3 is 0 Å². The Kier molecular flexibility index (Phi) is 3.15. The normalized spacial score (nSPS) is 10.8. The van der Waals surface area contributed by atoms with Gasteiger partial charge < -0.3 is 5.32 Å². The van der Waals surface area contributed by atoms with Gasteiger partial charge in [-0.25, -0.2) is 15.0 Å². The Morgan fingerprint density at radius 1 is 1.28 bits per heavy atom. The maximum atomic E-state index is 5.96. The van der Waals surface area contributed by atoms with Crippen LogP contribution in [0.1, 0.15) is 0 Å². The number of thiazole rings is 1. The van der Waals surface area contributed by atoms with Crippen molar-refractivity contribution < 1.29 is 0 Å². The zero-order valence-electron chi connectivity index (χ0n) is 8.89. The van der Waals surface area contributed by atoms with Crippen LogP contribution in [0, 0.1) is 0 Å². The van der Waals surface area contributed by atoms with E-state index in [-0.39, 0.29) is 0 Å². The Bertz CT molecular complexity index is 715. The van der Waals surface area contributed by atoms with Crippen LogP contribution >= 0.6 is 38.9 Å². The first-order valence-electron chi connectivity index (χ1n) is 5.02. The molecular formula is C11H6BrClN4S. The molecule has 18 heavy (non-hydrogen) atoms. The molecule has 0 aliphatic heterocycles. The number of rotatable bonds is 2. The fraction of sp³-hybridized carbons (Fsp3) is 0. The fourth-order valence-corrected chi connectivity index (χ4v) is 2.93. The minimum absolute atomic E-state index is 0.374. The lowest BCUT2D eigenvalue weighted by atomic mass is 10.3. The Hall–Kier alpha value is -1.24. The van der Waals surface area contributed by atoms with Gasteiger partial charge in [0.05, 0.1) is 0 Å². The molecule has 1 aromatic carbocycles. The molecule has 1 N–H and O–H groups in total. The monoisotopic (exact) mass is 340 g/mol. The van der Waals surface area contributed by atoms with E-state index in [1.165, 1.54) is 17.7 Å². The van der Waals surface area contributed by atoms with E-state index >= 15 is 0 Å². The van der Waals surface area contributed by atoms with Gasteiger partial charge in [0.1, 0.15) is 16.7 Å². The first kappa shape index (κ1) is 11.8. The largest absolute Gasteiger partial charge is 0.331 e. The van der Waals surface area contributed by atoms with Crippen LogP contribution in [0.15, 0.2) is 35.1 Å². The van der Waals surface area contributed by atoms with Crippen molar-refractivity contribution >= 4 is 60.0 Å². The minimum Gasteiger partial charge on any atom is -0.331 e. The SMILES string of the molecule is Clc1ncnc2sc(Nc3cccc(Br)c3)nc12. The standard InChI is InChI=1S/C11H6BrClN4S/c12-6-2-1-3-7(4-6)16-11-17-8-9(13)14-5-15-10(8)18-11/h1-5H,(H,16,17). The first-order valence-corrected chi connectivity index (χ1v) is 7.01. The first-order chi connectivity index (χ1) is 8.72. The molecule has 0 bridgehead atoms. The van der Waals surface area contributed by atoms with Crippen molar-refractivity contribution in [2.75, 3.05) is 5.32 Å². The van der Waals surface area contributed by atoms with E-state index in [0.29, 0.717) is 10.7 Å². The highest BCUT2D eigenvalue weighted by atomic mass is 79.9. The van der Waals surface area contributed by atoms with Crippen LogP contribution in [0.3, 0.4) is 0 Å². The highest BCUT2D eigenvalue weighted by Crippen LogP contribution is 2.30. The second-order valence-corrected chi connectivity index (χ2v) is 5.72. The molecule has 3 rings (SSSR count). The van der Waals surface area contributed by atoms with Crippen molar-refractivity contribution in [2.24, 2.45) is 0 Å². The molecule has 0 atom stereocenters. The molecule has 0 amide bonds. The van der Waals surface area contributed by atoms with E-state index in [1.54, 1.807) is 0 Å². The van der Waals surface area contributed by atoms with Gasteiger partial charge in [-0.1, -0.05) is 44.9 Å². The average Bonchev–Trinajstić information content (AvgIpc) is 2.73. The third-order valence-electron chi connectivity index (χ3n) is 2.23. The molecule has 0 unspecified atom stereocenters. The number of nitrogens with one attached hydrogen (secondary N) is 1. The van der Waals surface area contributed by atoms with Crippen molar-refractivity contribution in [1.82, 2.24) is 15.0 Å². The van der Waals surface area contributed by atoms with E-state index in [9.17, 15) is 0 Å².